The minimum atomic E-state index is 0.127. The summed E-state index contributed by atoms with van der Waals surface area (Å²) in [5.41, 5.74) is 4.36. The number of carbonyl (C=O) groups is 1. The summed E-state index contributed by atoms with van der Waals surface area (Å²) < 4.78 is 0. The monoisotopic (exact) mass is 253 g/mol. The van der Waals surface area contributed by atoms with Crippen molar-refractivity contribution in [3.8, 4) is 11.1 Å². The maximum Gasteiger partial charge on any atom is 0.176 e. The third kappa shape index (κ3) is 3.09. The molecule has 0 atom stereocenters. The molecule has 2 aromatic carbocycles. The number of hydrogen-bond acceptors (Lipinski definition) is 2. The Morgan fingerprint density at radius 3 is 2.47 bits per heavy atom. The van der Waals surface area contributed by atoms with Crippen molar-refractivity contribution in [3.63, 3.8) is 0 Å². The van der Waals surface area contributed by atoms with Crippen LogP contribution in [0.3, 0.4) is 0 Å². The molecule has 0 saturated heterocycles. The summed E-state index contributed by atoms with van der Waals surface area (Å²) in [6.45, 7) is 2.51. The van der Waals surface area contributed by atoms with Gasteiger partial charge in [0.1, 0.15) is 0 Å². The molecule has 0 heterocycles. The SMILES string of the molecule is CCc1ccc(C(=O)CNC)cc1-c1ccccc1. The molecular formula is C17H19NO. The maximum atomic E-state index is 12.0. The van der Waals surface area contributed by atoms with Crippen molar-refractivity contribution in [3.05, 3.63) is 59.7 Å². The summed E-state index contributed by atoms with van der Waals surface area (Å²) >= 11 is 0. The van der Waals surface area contributed by atoms with E-state index in [1.54, 1.807) is 7.05 Å². The summed E-state index contributed by atoms with van der Waals surface area (Å²) in [6.07, 6.45) is 0.963. The van der Waals surface area contributed by atoms with Crippen molar-refractivity contribution in [1.82, 2.24) is 5.32 Å². The van der Waals surface area contributed by atoms with E-state index in [1.165, 1.54) is 11.1 Å². The van der Waals surface area contributed by atoms with Gasteiger partial charge in [0.05, 0.1) is 6.54 Å². The van der Waals surface area contributed by atoms with E-state index in [-0.39, 0.29) is 5.78 Å². The smallest absolute Gasteiger partial charge is 0.176 e. The Labute approximate surface area is 114 Å². The van der Waals surface area contributed by atoms with Crippen LogP contribution < -0.4 is 5.32 Å². The van der Waals surface area contributed by atoms with Gasteiger partial charge in [0.2, 0.25) is 0 Å². The molecule has 2 nitrogen and oxygen atoms in total. The third-order valence-electron chi connectivity index (χ3n) is 3.23. The molecule has 0 bridgehead atoms. The molecule has 0 aliphatic heterocycles. The lowest BCUT2D eigenvalue weighted by Gasteiger charge is -2.10. The minimum absolute atomic E-state index is 0.127. The fourth-order valence-corrected chi connectivity index (χ4v) is 2.21. The lowest BCUT2D eigenvalue weighted by molar-refractivity contribution is 0.0993. The van der Waals surface area contributed by atoms with Crippen LogP contribution >= 0.6 is 0 Å². The number of likely N-dealkylation sites (N-methyl/N-ethyl adjacent to an activating group) is 1. The molecule has 1 N–H and O–H groups in total. The van der Waals surface area contributed by atoms with E-state index < -0.39 is 0 Å². The number of rotatable bonds is 5. The van der Waals surface area contributed by atoms with Gasteiger partial charge in [0, 0.05) is 5.56 Å². The van der Waals surface area contributed by atoms with Crippen LogP contribution in [0.2, 0.25) is 0 Å². The van der Waals surface area contributed by atoms with Gasteiger partial charge in [-0.25, -0.2) is 0 Å². The first-order valence-corrected chi connectivity index (χ1v) is 6.62. The highest BCUT2D eigenvalue weighted by molar-refractivity contribution is 5.98. The zero-order valence-corrected chi connectivity index (χ0v) is 11.4. The zero-order valence-electron chi connectivity index (χ0n) is 11.4. The van der Waals surface area contributed by atoms with Crippen molar-refractivity contribution in [1.29, 1.82) is 0 Å². The van der Waals surface area contributed by atoms with Gasteiger partial charge in [-0.3, -0.25) is 4.79 Å². The first-order valence-electron chi connectivity index (χ1n) is 6.62. The Bertz CT molecular complexity index is 561. The number of aryl methyl sites for hydroxylation is 1. The van der Waals surface area contributed by atoms with Crippen LogP contribution in [-0.2, 0) is 6.42 Å². The number of carbonyl (C=O) groups excluding carboxylic acids is 1. The van der Waals surface area contributed by atoms with Gasteiger partial charge in [0.15, 0.2) is 5.78 Å². The minimum Gasteiger partial charge on any atom is -0.313 e. The normalized spacial score (nSPS) is 10.4. The predicted octanol–water partition coefficient (Wildman–Crippen LogP) is 3.32. The predicted molar refractivity (Wildman–Crippen MR) is 79.5 cm³/mol. The van der Waals surface area contributed by atoms with Crippen LogP contribution in [-0.4, -0.2) is 19.4 Å². The summed E-state index contributed by atoms with van der Waals surface area (Å²) in [7, 11) is 1.79. The first-order chi connectivity index (χ1) is 9.26. The quantitative estimate of drug-likeness (QED) is 0.828. The highest BCUT2D eigenvalue weighted by Gasteiger charge is 2.09. The molecule has 0 aromatic heterocycles. The number of ketones is 1. The van der Waals surface area contributed by atoms with Crippen molar-refractivity contribution < 1.29 is 4.79 Å². The second-order valence-electron chi connectivity index (χ2n) is 4.55. The lowest BCUT2D eigenvalue weighted by Crippen LogP contribution is -2.18. The van der Waals surface area contributed by atoms with Crippen molar-refractivity contribution in [2.75, 3.05) is 13.6 Å². The molecule has 0 spiro atoms. The number of hydrogen-bond donors (Lipinski definition) is 1. The Kier molecular flexibility index (Phi) is 4.48. The van der Waals surface area contributed by atoms with E-state index in [1.807, 2.05) is 30.3 Å². The molecule has 0 unspecified atom stereocenters. The molecule has 0 radical (unpaired) electrons. The van der Waals surface area contributed by atoms with E-state index in [2.05, 4.69) is 30.4 Å². The van der Waals surface area contributed by atoms with Crippen LogP contribution in [0.15, 0.2) is 48.5 Å². The Morgan fingerprint density at radius 2 is 1.84 bits per heavy atom. The van der Waals surface area contributed by atoms with Gasteiger partial charge in [-0.1, -0.05) is 49.4 Å². The third-order valence-corrected chi connectivity index (χ3v) is 3.23. The molecule has 0 saturated carbocycles. The van der Waals surface area contributed by atoms with Crippen molar-refractivity contribution in [2.24, 2.45) is 0 Å². The Balaban J connectivity index is 2.46. The number of nitrogens with one attached hydrogen (secondary N) is 1. The Morgan fingerprint density at radius 1 is 1.11 bits per heavy atom. The average molecular weight is 253 g/mol. The van der Waals surface area contributed by atoms with E-state index in [0.29, 0.717) is 6.54 Å². The second-order valence-corrected chi connectivity index (χ2v) is 4.55. The molecule has 0 aliphatic carbocycles. The zero-order chi connectivity index (χ0) is 13.7. The second kappa shape index (κ2) is 6.30. The number of benzene rings is 2. The van der Waals surface area contributed by atoms with Crippen molar-refractivity contribution in [2.45, 2.75) is 13.3 Å². The average Bonchev–Trinajstić information content (AvgIpc) is 2.47. The van der Waals surface area contributed by atoms with Crippen LogP contribution in [0, 0.1) is 0 Å². The highest BCUT2D eigenvalue weighted by atomic mass is 16.1. The fraction of sp³-hybridized carbons (Fsp3) is 0.235. The molecule has 2 heteroatoms. The molecule has 0 aliphatic rings. The van der Waals surface area contributed by atoms with Crippen LogP contribution in [0.25, 0.3) is 11.1 Å². The van der Waals surface area contributed by atoms with Gasteiger partial charge in [-0.2, -0.15) is 0 Å². The standard InChI is InChI=1S/C17H19NO/c1-3-13-9-10-15(17(19)12-18-2)11-16(13)14-7-5-4-6-8-14/h4-11,18H,3,12H2,1-2H3. The van der Waals surface area contributed by atoms with Gasteiger partial charge in [-0.05, 0) is 36.2 Å². The van der Waals surface area contributed by atoms with Crippen LogP contribution in [0.1, 0.15) is 22.8 Å². The summed E-state index contributed by atoms with van der Waals surface area (Å²) in [6, 6.07) is 16.2. The molecule has 2 aromatic rings. The van der Waals surface area contributed by atoms with Crippen LogP contribution in [0.5, 0.6) is 0 Å². The van der Waals surface area contributed by atoms with E-state index in [4.69, 9.17) is 0 Å². The largest absolute Gasteiger partial charge is 0.313 e. The lowest BCUT2D eigenvalue weighted by atomic mass is 9.94. The summed E-state index contributed by atoms with van der Waals surface area (Å²) in [5, 5.41) is 2.90. The van der Waals surface area contributed by atoms with Gasteiger partial charge in [0.25, 0.3) is 0 Å². The van der Waals surface area contributed by atoms with Gasteiger partial charge >= 0.3 is 0 Å². The molecule has 19 heavy (non-hydrogen) atoms. The topological polar surface area (TPSA) is 29.1 Å². The molecule has 2 rings (SSSR count). The molecular weight excluding hydrogens is 234 g/mol. The van der Waals surface area contributed by atoms with E-state index in [0.717, 1.165) is 17.5 Å². The van der Waals surface area contributed by atoms with E-state index in [9.17, 15) is 4.79 Å². The number of Topliss-reactive ketones (excluding diaryl/α,β-unsaturated/α-hetero) is 1. The summed E-state index contributed by atoms with van der Waals surface area (Å²) in [5.74, 6) is 0.127. The molecule has 0 fully saturated rings. The maximum absolute atomic E-state index is 12.0. The summed E-state index contributed by atoms with van der Waals surface area (Å²) in [4.78, 5) is 12.0. The van der Waals surface area contributed by atoms with Gasteiger partial charge < -0.3 is 5.32 Å². The van der Waals surface area contributed by atoms with Gasteiger partial charge in [-0.15, -0.1) is 0 Å². The van der Waals surface area contributed by atoms with E-state index >= 15 is 0 Å². The first kappa shape index (κ1) is 13.5. The fourth-order valence-electron chi connectivity index (χ4n) is 2.21. The Hall–Kier alpha value is -1.93. The molecule has 98 valence electrons. The highest BCUT2D eigenvalue weighted by Crippen LogP contribution is 2.25. The molecule has 0 amide bonds. The van der Waals surface area contributed by atoms with Crippen molar-refractivity contribution >= 4 is 5.78 Å². The van der Waals surface area contributed by atoms with Crippen LogP contribution in [0.4, 0.5) is 0 Å².